The van der Waals surface area contributed by atoms with Crippen molar-refractivity contribution in [2.24, 2.45) is 18.4 Å². The number of fused-ring (bicyclic) bond motifs is 1. The summed E-state index contributed by atoms with van der Waals surface area (Å²) >= 11 is 0. The Kier molecular flexibility index (Phi) is 7.33. The number of alkyl halides is 3. The summed E-state index contributed by atoms with van der Waals surface area (Å²) < 4.78 is 42.0. The molecule has 10 heteroatoms. The maximum atomic E-state index is 13.3. The van der Waals surface area contributed by atoms with E-state index in [1.807, 2.05) is 35.0 Å². The molecule has 0 unspecified atom stereocenters. The van der Waals surface area contributed by atoms with Gasteiger partial charge in [0.05, 0.1) is 17.3 Å². The van der Waals surface area contributed by atoms with Crippen LogP contribution in [0.15, 0.2) is 36.7 Å². The number of nitrogens with one attached hydrogen (secondary N) is 1. The Morgan fingerprint density at radius 2 is 1.75 bits per heavy atom. The van der Waals surface area contributed by atoms with E-state index in [4.69, 9.17) is 0 Å². The average Bonchev–Trinajstić information content (AvgIpc) is 3.66. The Morgan fingerprint density at radius 1 is 1.00 bits per heavy atom. The van der Waals surface area contributed by atoms with Crippen LogP contribution >= 0.6 is 0 Å². The lowest BCUT2D eigenvalue weighted by atomic mass is 9.94. The highest BCUT2D eigenvalue weighted by atomic mass is 19.4. The first kappa shape index (κ1) is 27.2. The molecule has 7 nitrogen and oxygen atoms in total. The van der Waals surface area contributed by atoms with Crippen LogP contribution < -0.4 is 5.32 Å². The van der Waals surface area contributed by atoms with Crippen molar-refractivity contribution in [1.29, 1.82) is 0 Å². The van der Waals surface area contributed by atoms with Gasteiger partial charge in [0.25, 0.3) is 0 Å². The molecular formula is C30H37F3N6O. The molecule has 0 bridgehead atoms. The normalized spacial score (nSPS) is 20.6. The number of hydrogen-bond donors (Lipinski definition) is 1. The zero-order chi connectivity index (χ0) is 27.9. The van der Waals surface area contributed by atoms with Gasteiger partial charge in [0.2, 0.25) is 5.91 Å². The number of carbonyl (C=O) groups is 1. The minimum atomic E-state index is -4.14. The molecule has 40 heavy (non-hydrogen) atoms. The molecule has 4 heterocycles. The molecule has 214 valence electrons. The third kappa shape index (κ3) is 5.61. The van der Waals surface area contributed by atoms with Crippen LogP contribution in [0.4, 0.5) is 19.0 Å². The van der Waals surface area contributed by atoms with Crippen molar-refractivity contribution in [1.82, 2.24) is 24.6 Å². The Morgan fingerprint density at radius 3 is 2.45 bits per heavy atom. The van der Waals surface area contributed by atoms with Crippen molar-refractivity contribution >= 4 is 22.5 Å². The monoisotopic (exact) mass is 554 g/mol. The van der Waals surface area contributed by atoms with Gasteiger partial charge >= 0.3 is 6.18 Å². The maximum absolute atomic E-state index is 13.3. The van der Waals surface area contributed by atoms with Crippen LogP contribution in [0.5, 0.6) is 0 Å². The number of amides is 1. The van der Waals surface area contributed by atoms with Gasteiger partial charge < -0.3 is 10.2 Å². The number of halogens is 3. The molecule has 1 amide bonds. The predicted octanol–water partition coefficient (Wildman–Crippen LogP) is 5.61. The van der Waals surface area contributed by atoms with E-state index in [9.17, 15) is 18.0 Å². The number of likely N-dealkylation sites (tertiary alicyclic amines) is 2. The highest BCUT2D eigenvalue weighted by molar-refractivity contribution is 5.95. The van der Waals surface area contributed by atoms with Crippen LogP contribution in [0.25, 0.3) is 21.9 Å². The van der Waals surface area contributed by atoms with E-state index >= 15 is 0 Å². The number of aromatic nitrogens is 3. The minimum absolute atomic E-state index is 0.0517. The molecule has 2 aromatic heterocycles. The highest BCUT2D eigenvalue weighted by Gasteiger charge is 2.63. The largest absolute Gasteiger partial charge is 0.395 e. The summed E-state index contributed by atoms with van der Waals surface area (Å²) in [6.07, 6.45) is 4.86. The second kappa shape index (κ2) is 10.8. The minimum Gasteiger partial charge on any atom is -0.310 e. The van der Waals surface area contributed by atoms with Crippen LogP contribution in [0.2, 0.25) is 0 Å². The van der Waals surface area contributed by atoms with E-state index in [-0.39, 0.29) is 31.2 Å². The topological polar surface area (TPSA) is 66.3 Å². The van der Waals surface area contributed by atoms with Gasteiger partial charge in [-0.25, -0.2) is 4.98 Å². The van der Waals surface area contributed by atoms with Crippen LogP contribution in [0.3, 0.4) is 0 Å². The molecule has 0 radical (unpaired) electrons. The van der Waals surface area contributed by atoms with Gasteiger partial charge in [-0.3, -0.25) is 14.4 Å². The Labute approximate surface area is 232 Å². The maximum Gasteiger partial charge on any atom is 0.395 e. The van der Waals surface area contributed by atoms with Crippen molar-refractivity contribution in [3.63, 3.8) is 0 Å². The summed E-state index contributed by atoms with van der Waals surface area (Å²) in [6.45, 7) is 4.17. The number of pyridine rings is 1. The van der Waals surface area contributed by atoms with Gasteiger partial charge in [-0.05, 0) is 87.8 Å². The van der Waals surface area contributed by atoms with E-state index in [0.717, 1.165) is 41.5 Å². The fourth-order valence-electron chi connectivity index (χ4n) is 6.29. The fourth-order valence-corrected chi connectivity index (χ4v) is 6.29. The quantitative estimate of drug-likeness (QED) is 0.411. The summed E-state index contributed by atoms with van der Waals surface area (Å²) in [5.41, 5.74) is 1.86. The second-order valence-electron chi connectivity index (χ2n) is 11.9. The van der Waals surface area contributed by atoms with Gasteiger partial charge in [0.15, 0.2) is 0 Å². The van der Waals surface area contributed by atoms with E-state index in [1.165, 1.54) is 25.0 Å². The summed E-state index contributed by atoms with van der Waals surface area (Å²) in [5.74, 6) is 0.148. The third-order valence-electron chi connectivity index (χ3n) is 9.11. The summed E-state index contributed by atoms with van der Waals surface area (Å²) in [6, 6.07) is 8.16. The van der Waals surface area contributed by atoms with Crippen LogP contribution in [-0.2, 0) is 18.4 Å². The molecule has 1 aliphatic carbocycles. The van der Waals surface area contributed by atoms with Gasteiger partial charge in [0.1, 0.15) is 5.82 Å². The van der Waals surface area contributed by atoms with E-state index in [0.29, 0.717) is 31.7 Å². The van der Waals surface area contributed by atoms with Crippen molar-refractivity contribution < 1.29 is 18.0 Å². The number of rotatable bonds is 7. The van der Waals surface area contributed by atoms with Crippen LogP contribution in [0, 0.1) is 11.3 Å². The summed E-state index contributed by atoms with van der Waals surface area (Å²) in [4.78, 5) is 21.8. The standard InChI is InChI=1S/C30H37F3N6O/c1-37-26(19-38-11-3-2-4-12-38)25(18-35-37)22-5-6-23-17-34-27(16-24(23)15-22)36-28(40)21-7-13-39(14-8-21)20-29(9-10-29)30(31,32)33/h5-6,15-18,21H,2-4,7-14,19-20H2,1H3,(H,34,36,40). The molecule has 3 fully saturated rings. The molecule has 2 saturated heterocycles. The van der Waals surface area contributed by atoms with Crippen LogP contribution in [0.1, 0.15) is 50.6 Å². The molecular weight excluding hydrogens is 517 g/mol. The number of benzene rings is 1. The number of carbonyl (C=O) groups excluding carboxylic acids is 1. The lowest BCUT2D eigenvalue weighted by Gasteiger charge is -2.34. The summed E-state index contributed by atoms with van der Waals surface area (Å²) in [7, 11) is 1.99. The Balaban J connectivity index is 1.11. The molecule has 1 saturated carbocycles. The van der Waals surface area contributed by atoms with E-state index in [1.54, 1.807) is 6.20 Å². The highest BCUT2D eigenvalue weighted by Crippen LogP contribution is 2.58. The zero-order valence-corrected chi connectivity index (χ0v) is 23.0. The molecule has 2 aliphatic heterocycles. The molecule has 1 aromatic carbocycles. The SMILES string of the molecule is Cn1ncc(-c2ccc3cnc(NC(=O)C4CCN(CC5(C(F)(F)F)CC5)CC4)cc3c2)c1CN1CCCCC1. The third-order valence-corrected chi connectivity index (χ3v) is 9.11. The first-order valence-corrected chi connectivity index (χ1v) is 14.4. The van der Waals surface area contributed by atoms with E-state index < -0.39 is 11.6 Å². The number of anilines is 1. The van der Waals surface area contributed by atoms with Crippen molar-refractivity contribution in [3.05, 3.63) is 42.4 Å². The smallest absolute Gasteiger partial charge is 0.310 e. The Hall–Kier alpha value is -2.98. The molecule has 0 atom stereocenters. The van der Waals surface area contributed by atoms with Crippen molar-refractivity contribution in [2.45, 2.75) is 57.7 Å². The zero-order valence-electron chi connectivity index (χ0n) is 23.0. The molecule has 0 spiro atoms. The van der Waals surface area contributed by atoms with E-state index in [2.05, 4.69) is 32.4 Å². The number of hydrogen-bond acceptors (Lipinski definition) is 5. The number of nitrogens with zero attached hydrogens (tertiary/aromatic N) is 5. The second-order valence-corrected chi connectivity index (χ2v) is 11.9. The number of aryl methyl sites for hydroxylation is 1. The molecule has 3 aromatic rings. The van der Waals surface area contributed by atoms with Gasteiger partial charge in [0, 0.05) is 43.2 Å². The Bertz CT molecular complexity index is 1370. The van der Waals surface area contributed by atoms with Gasteiger partial charge in [-0.2, -0.15) is 18.3 Å². The molecule has 1 N–H and O–H groups in total. The van der Waals surface area contributed by atoms with Gasteiger partial charge in [-0.15, -0.1) is 0 Å². The molecule has 3 aliphatic rings. The first-order chi connectivity index (χ1) is 19.2. The summed E-state index contributed by atoms with van der Waals surface area (Å²) in [5, 5.41) is 9.47. The lowest BCUT2D eigenvalue weighted by Crippen LogP contribution is -2.44. The average molecular weight is 555 g/mol. The first-order valence-electron chi connectivity index (χ1n) is 14.4. The molecule has 6 rings (SSSR count). The predicted molar refractivity (Wildman–Crippen MR) is 149 cm³/mol. The fraction of sp³-hybridized carbons (Fsp3) is 0.567. The lowest BCUT2D eigenvalue weighted by molar-refractivity contribution is -0.192. The van der Waals surface area contributed by atoms with Gasteiger partial charge in [-0.1, -0.05) is 18.6 Å². The number of piperidine rings is 2. The van der Waals surface area contributed by atoms with Crippen molar-refractivity contribution in [2.75, 3.05) is 38.0 Å². The van der Waals surface area contributed by atoms with Crippen LogP contribution in [-0.4, -0.2) is 69.4 Å². The van der Waals surface area contributed by atoms with Crippen molar-refractivity contribution in [3.8, 4) is 11.1 Å².